The SMILES string of the molecule is NC1=NCC(c2cccs2)N1c1ccccc1. The largest absolute Gasteiger partial charge is 0.369 e. The molecular formula is C13H13N3S. The zero-order chi connectivity index (χ0) is 11.7. The number of anilines is 1. The topological polar surface area (TPSA) is 41.6 Å². The molecule has 2 N–H and O–H groups in total. The lowest BCUT2D eigenvalue weighted by molar-refractivity contribution is 0.785. The van der Waals surface area contributed by atoms with Gasteiger partial charge in [0, 0.05) is 10.6 Å². The Morgan fingerprint density at radius 3 is 2.71 bits per heavy atom. The standard InChI is InChI=1S/C13H13N3S/c14-13-15-9-11(12-7-4-8-17-12)16(13)10-5-2-1-3-6-10/h1-8,11H,9H2,(H2,14,15). The molecule has 0 spiro atoms. The van der Waals surface area contributed by atoms with E-state index in [1.165, 1.54) is 4.88 Å². The smallest absolute Gasteiger partial charge is 0.196 e. The van der Waals surface area contributed by atoms with Crippen LogP contribution in [0.4, 0.5) is 5.69 Å². The molecule has 0 fully saturated rings. The molecule has 3 nitrogen and oxygen atoms in total. The molecule has 86 valence electrons. The molecule has 1 aromatic heterocycles. The van der Waals surface area contributed by atoms with Crippen molar-refractivity contribution in [3.8, 4) is 0 Å². The van der Waals surface area contributed by atoms with Gasteiger partial charge in [-0.2, -0.15) is 0 Å². The van der Waals surface area contributed by atoms with E-state index in [4.69, 9.17) is 5.73 Å². The van der Waals surface area contributed by atoms with E-state index in [2.05, 4.69) is 39.5 Å². The van der Waals surface area contributed by atoms with Gasteiger partial charge in [0.25, 0.3) is 0 Å². The van der Waals surface area contributed by atoms with Crippen LogP contribution in [0.5, 0.6) is 0 Å². The van der Waals surface area contributed by atoms with E-state index >= 15 is 0 Å². The minimum Gasteiger partial charge on any atom is -0.369 e. The number of hydrogen-bond acceptors (Lipinski definition) is 4. The number of benzene rings is 1. The molecule has 1 aromatic carbocycles. The van der Waals surface area contributed by atoms with Crippen molar-refractivity contribution in [2.24, 2.45) is 10.7 Å². The third-order valence-corrected chi connectivity index (χ3v) is 3.86. The summed E-state index contributed by atoms with van der Waals surface area (Å²) in [5.74, 6) is 0.606. The minimum atomic E-state index is 0.248. The minimum absolute atomic E-state index is 0.248. The number of thiophene rings is 1. The lowest BCUT2D eigenvalue weighted by Crippen LogP contribution is -2.35. The molecule has 0 aliphatic carbocycles. The van der Waals surface area contributed by atoms with Gasteiger partial charge in [-0.05, 0) is 23.6 Å². The van der Waals surface area contributed by atoms with Crippen LogP contribution in [0.2, 0.25) is 0 Å². The molecule has 0 saturated carbocycles. The Morgan fingerprint density at radius 2 is 2.00 bits per heavy atom. The highest BCUT2D eigenvalue weighted by atomic mass is 32.1. The van der Waals surface area contributed by atoms with E-state index in [0.717, 1.165) is 12.2 Å². The second kappa shape index (κ2) is 4.22. The van der Waals surface area contributed by atoms with Gasteiger partial charge in [0.1, 0.15) is 0 Å². The van der Waals surface area contributed by atoms with Crippen LogP contribution >= 0.6 is 11.3 Å². The highest BCUT2D eigenvalue weighted by molar-refractivity contribution is 7.10. The van der Waals surface area contributed by atoms with Crippen LogP contribution in [0, 0.1) is 0 Å². The van der Waals surface area contributed by atoms with Gasteiger partial charge in [0.05, 0.1) is 12.6 Å². The summed E-state index contributed by atoms with van der Waals surface area (Å²) in [6.45, 7) is 0.737. The summed E-state index contributed by atoms with van der Waals surface area (Å²) >= 11 is 1.75. The molecule has 2 heterocycles. The van der Waals surface area contributed by atoms with E-state index < -0.39 is 0 Å². The van der Waals surface area contributed by atoms with Gasteiger partial charge in [0.15, 0.2) is 5.96 Å². The number of guanidine groups is 1. The van der Waals surface area contributed by atoms with Gasteiger partial charge in [-0.15, -0.1) is 11.3 Å². The van der Waals surface area contributed by atoms with Gasteiger partial charge >= 0.3 is 0 Å². The molecule has 0 amide bonds. The normalized spacial score (nSPS) is 19.4. The number of nitrogens with two attached hydrogens (primary N) is 1. The van der Waals surface area contributed by atoms with E-state index in [9.17, 15) is 0 Å². The van der Waals surface area contributed by atoms with Crippen LogP contribution in [0.1, 0.15) is 10.9 Å². The monoisotopic (exact) mass is 243 g/mol. The molecule has 0 radical (unpaired) electrons. The molecule has 1 aliphatic heterocycles. The molecular weight excluding hydrogens is 230 g/mol. The third-order valence-electron chi connectivity index (χ3n) is 2.89. The predicted octanol–water partition coefficient (Wildman–Crippen LogP) is 2.62. The van der Waals surface area contributed by atoms with E-state index in [0.29, 0.717) is 5.96 Å². The molecule has 17 heavy (non-hydrogen) atoms. The quantitative estimate of drug-likeness (QED) is 0.881. The van der Waals surface area contributed by atoms with Crippen molar-refractivity contribution in [2.75, 3.05) is 11.4 Å². The van der Waals surface area contributed by atoms with Gasteiger partial charge in [-0.3, -0.25) is 4.99 Å². The number of hydrogen-bond donors (Lipinski definition) is 1. The summed E-state index contributed by atoms with van der Waals surface area (Å²) in [5, 5.41) is 2.09. The highest BCUT2D eigenvalue weighted by Crippen LogP contribution is 2.32. The molecule has 0 saturated heterocycles. The maximum Gasteiger partial charge on any atom is 0.196 e. The third kappa shape index (κ3) is 1.80. The average molecular weight is 243 g/mol. The van der Waals surface area contributed by atoms with Crippen molar-refractivity contribution in [1.82, 2.24) is 0 Å². The summed E-state index contributed by atoms with van der Waals surface area (Å²) in [5.41, 5.74) is 7.09. The van der Waals surface area contributed by atoms with Crippen molar-refractivity contribution >= 4 is 23.0 Å². The van der Waals surface area contributed by atoms with Crippen molar-refractivity contribution in [3.63, 3.8) is 0 Å². The zero-order valence-electron chi connectivity index (χ0n) is 9.28. The van der Waals surface area contributed by atoms with Gasteiger partial charge in [0.2, 0.25) is 0 Å². The zero-order valence-corrected chi connectivity index (χ0v) is 10.1. The molecule has 0 bridgehead atoms. The van der Waals surface area contributed by atoms with E-state index in [1.807, 2.05) is 18.2 Å². The Kier molecular flexibility index (Phi) is 2.57. The maximum atomic E-state index is 5.99. The van der Waals surface area contributed by atoms with E-state index in [-0.39, 0.29) is 6.04 Å². The second-order valence-electron chi connectivity index (χ2n) is 3.94. The van der Waals surface area contributed by atoms with Crippen molar-refractivity contribution in [1.29, 1.82) is 0 Å². The Morgan fingerprint density at radius 1 is 1.18 bits per heavy atom. The van der Waals surface area contributed by atoms with Crippen LogP contribution in [-0.2, 0) is 0 Å². The molecule has 4 heteroatoms. The lowest BCUT2D eigenvalue weighted by atomic mass is 10.2. The first kappa shape index (κ1) is 10.4. The Bertz CT molecular complexity index is 519. The maximum absolute atomic E-state index is 5.99. The van der Waals surface area contributed by atoms with Crippen molar-refractivity contribution in [3.05, 3.63) is 52.7 Å². The van der Waals surface area contributed by atoms with Crippen LogP contribution in [0.25, 0.3) is 0 Å². The number of nitrogens with zero attached hydrogens (tertiary/aromatic N) is 2. The van der Waals surface area contributed by atoms with Crippen LogP contribution in [-0.4, -0.2) is 12.5 Å². The van der Waals surface area contributed by atoms with Crippen molar-refractivity contribution < 1.29 is 0 Å². The van der Waals surface area contributed by atoms with Crippen LogP contribution in [0.15, 0.2) is 52.8 Å². The van der Waals surface area contributed by atoms with Crippen molar-refractivity contribution in [2.45, 2.75) is 6.04 Å². The Balaban J connectivity index is 1.98. The fourth-order valence-corrected chi connectivity index (χ4v) is 2.90. The summed E-state index contributed by atoms with van der Waals surface area (Å²) in [4.78, 5) is 7.77. The summed E-state index contributed by atoms with van der Waals surface area (Å²) in [6, 6.07) is 14.6. The molecule has 3 rings (SSSR count). The Hall–Kier alpha value is -1.81. The highest BCUT2D eigenvalue weighted by Gasteiger charge is 2.29. The van der Waals surface area contributed by atoms with Gasteiger partial charge < -0.3 is 10.6 Å². The summed E-state index contributed by atoms with van der Waals surface area (Å²) in [7, 11) is 0. The summed E-state index contributed by atoms with van der Waals surface area (Å²) in [6.07, 6.45) is 0. The van der Waals surface area contributed by atoms with E-state index in [1.54, 1.807) is 11.3 Å². The number of para-hydroxylation sites is 1. The first-order valence-corrected chi connectivity index (χ1v) is 6.42. The first-order chi connectivity index (χ1) is 8.36. The summed E-state index contributed by atoms with van der Waals surface area (Å²) < 4.78 is 0. The molecule has 2 aromatic rings. The Labute approximate surface area is 104 Å². The fraction of sp³-hybridized carbons (Fsp3) is 0.154. The first-order valence-electron chi connectivity index (χ1n) is 5.54. The predicted molar refractivity (Wildman–Crippen MR) is 72.5 cm³/mol. The second-order valence-corrected chi connectivity index (χ2v) is 4.91. The van der Waals surface area contributed by atoms with Gasteiger partial charge in [-0.1, -0.05) is 24.3 Å². The van der Waals surface area contributed by atoms with Crippen LogP contribution in [0.3, 0.4) is 0 Å². The molecule has 1 atom stereocenters. The number of rotatable bonds is 2. The molecule has 1 unspecified atom stereocenters. The fourth-order valence-electron chi connectivity index (χ4n) is 2.10. The lowest BCUT2D eigenvalue weighted by Gasteiger charge is -2.25. The average Bonchev–Trinajstić information content (AvgIpc) is 2.98. The van der Waals surface area contributed by atoms with Crippen LogP contribution < -0.4 is 10.6 Å². The number of aliphatic imine (C=N–C) groups is 1. The van der Waals surface area contributed by atoms with Gasteiger partial charge in [-0.25, -0.2) is 0 Å². The molecule has 1 aliphatic rings.